The summed E-state index contributed by atoms with van der Waals surface area (Å²) >= 11 is 1.44. The van der Waals surface area contributed by atoms with Gasteiger partial charge in [-0.1, -0.05) is 18.2 Å². The molecule has 0 bridgehead atoms. The van der Waals surface area contributed by atoms with Crippen molar-refractivity contribution in [2.24, 2.45) is 11.7 Å². The number of nitrogens with two attached hydrogens (primary N) is 1. The normalized spacial score (nSPS) is 16.2. The van der Waals surface area contributed by atoms with E-state index in [1.54, 1.807) is 16.3 Å². The molecular formula is C19H21N5OS. The van der Waals surface area contributed by atoms with Crippen molar-refractivity contribution in [1.29, 1.82) is 0 Å². The summed E-state index contributed by atoms with van der Waals surface area (Å²) in [5.74, 6) is 0.307. The smallest absolute Gasteiger partial charge is 0.271 e. The van der Waals surface area contributed by atoms with Crippen molar-refractivity contribution >= 4 is 17.2 Å². The Balaban J connectivity index is 1.51. The summed E-state index contributed by atoms with van der Waals surface area (Å²) in [7, 11) is 0. The van der Waals surface area contributed by atoms with Crippen LogP contribution in [0.25, 0.3) is 16.3 Å². The maximum atomic E-state index is 12.6. The van der Waals surface area contributed by atoms with Gasteiger partial charge in [0.15, 0.2) is 0 Å². The first-order valence-electron chi connectivity index (χ1n) is 8.67. The van der Waals surface area contributed by atoms with Crippen LogP contribution in [0.15, 0.2) is 48.1 Å². The van der Waals surface area contributed by atoms with Crippen molar-refractivity contribution in [3.05, 3.63) is 53.8 Å². The summed E-state index contributed by atoms with van der Waals surface area (Å²) < 4.78 is 1.80. The molecule has 1 amide bonds. The summed E-state index contributed by atoms with van der Waals surface area (Å²) in [6, 6.07) is 9.89. The van der Waals surface area contributed by atoms with Gasteiger partial charge in [-0.25, -0.2) is 9.67 Å². The molecule has 6 nitrogen and oxygen atoms in total. The molecule has 1 aromatic carbocycles. The molecule has 1 aliphatic carbocycles. The number of nitrogens with zero attached hydrogens (tertiary/aromatic N) is 3. The van der Waals surface area contributed by atoms with Crippen LogP contribution in [-0.4, -0.2) is 32.8 Å². The molecule has 0 saturated heterocycles. The maximum Gasteiger partial charge on any atom is 0.271 e. The van der Waals surface area contributed by atoms with E-state index in [9.17, 15) is 4.79 Å². The number of aromatic nitrogens is 3. The number of rotatable bonds is 6. The van der Waals surface area contributed by atoms with Gasteiger partial charge in [0.05, 0.1) is 17.4 Å². The molecule has 7 heteroatoms. The second-order valence-electron chi connectivity index (χ2n) is 6.90. The molecule has 0 aliphatic heterocycles. The zero-order valence-corrected chi connectivity index (χ0v) is 15.4. The summed E-state index contributed by atoms with van der Waals surface area (Å²) in [4.78, 5) is 17.1. The van der Waals surface area contributed by atoms with Gasteiger partial charge in [-0.15, -0.1) is 11.3 Å². The zero-order valence-electron chi connectivity index (χ0n) is 14.6. The molecule has 1 aliphatic rings. The molecule has 0 radical (unpaired) electrons. The van der Waals surface area contributed by atoms with E-state index in [0.717, 1.165) is 29.1 Å². The lowest BCUT2D eigenvalue weighted by atomic mass is 9.96. The molecule has 4 rings (SSSR count). The van der Waals surface area contributed by atoms with Crippen molar-refractivity contribution in [2.75, 3.05) is 6.54 Å². The Labute approximate surface area is 156 Å². The minimum Gasteiger partial charge on any atom is -0.344 e. The second-order valence-corrected chi connectivity index (χ2v) is 7.76. The first-order valence-corrected chi connectivity index (χ1v) is 9.55. The highest BCUT2D eigenvalue weighted by atomic mass is 32.1. The first-order chi connectivity index (χ1) is 12.6. The van der Waals surface area contributed by atoms with E-state index >= 15 is 0 Å². The SMILES string of the molecule is CC(CN)(NC(=O)c1csc(-c2cnn(-c3ccccc3)c2)n1)C1CC1. The second kappa shape index (κ2) is 6.66. The van der Waals surface area contributed by atoms with E-state index in [1.807, 2.05) is 43.5 Å². The minimum atomic E-state index is -0.348. The van der Waals surface area contributed by atoms with Gasteiger partial charge in [-0.3, -0.25) is 4.79 Å². The quantitative estimate of drug-likeness (QED) is 0.701. The first kappa shape index (κ1) is 16.9. The van der Waals surface area contributed by atoms with Gasteiger partial charge < -0.3 is 11.1 Å². The van der Waals surface area contributed by atoms with Gasteiger partial charge >= 0.3 is 0 Å². The molecular weight excluding hydrogens is 346 g/mol. The van der Waals surface area contributed by atoms with E-state index in [4.69, 9.17) is 5.73 Å². The van der Waals surface area contributed by atoms with Gasteiger partial charge in [-0.05, 0) is 37.8 Å². The maximum absolute atomic E-state index is 12.6. The summed E-state index contributed by atoms with van der Waals surface area (Å²) in [6.45, 7) is 2.45. The predicted octanol–water partition coefficient (Wildman–Crippen LogP) is 2.85. The number of hydrogen-bond donors (Lipinski definition) is 2. The van der Waals surface area contributed by atoms with Crippen LogP contribution >= 0.6 is 11.3 Å². The Morgan fingerprint density at radius 2 is 2.15 bits per heavy atom. The highest BCUT2D eigenvalue weighted by molar-refractivity contribution is 7.13. The minimum absolute atomic E-state index is 0.164. The lowest BCUT2D eigenvalue weighted by Crippen LogP contribution is -2.53. The van der Waals surface area contributed by atoms with Crippen LogP contribution in [0.3, 0.4) is 0 Å². The van der Waals surface area contributed by atoms with E-state index in [-0.39, 0.29) is 11.4 Å². The molecule has 0 spiro atoms. The standard InChI is InChI=1S/C19H21N5OS/c1-19(12-20,14-7-8-14)23-17(25)16-11-26-18(22-16)13-9-21-24(10-13)15-5-3-2-4-6-15/h2-6,9-11,14H,7-8,12,20H2,1H3,(H,23,25). The number of amides is 1. The van der Waals surface area contributed by atoms with E-state index in [1.165, 1.54) is 11.3 Å². The third kappa shape index (κ3) is 3.27. The molecule has 1 fully saturated rings. The third-order valence-electron chi connectivity index (χ3n) is 4.89. The Hall–Kier alpha value is -2.51. The molecule has 2 heterocycles. The van der Waals surface area contributed by atoms with Crippen molar-refractivity contribution < 1.29 is 4.79 Å². The highest BCUT2D eigenvalue weighted by Crippen LogP contribution is 2.39. The predicted molar refractivity (Wildman–Crippen MR) is 102 cm³/mol. The summed E-state index contributed by atoms with van der Waals surface area (Å²) in [6.07, 6.45) is 5.93. The van der Waals surface area contributed by atoms with Crippen LogP contribution in [0.2, 0.25) is 0 Å². The fourth-order valence-electron chi connectivity index (χ4n) is 3.03. The number of hydrogen-bond acceptors (Lipinski definition) is 5. The van der Waals surface area contributed by atoms with Gasteiger partial charge in [0.25, 0.3) is 5.91 Å². The number of carbonyl (C=O) groups is 1. The zero-order chi connectivity index (χ0) is 18.1. The largest absolute Gasteiger partial charge is 0.344 e. The molecule has 1 unspecified atom stereocenters. The number of benzene rings is 1. The van der Waals surface area contributed by atoms with Crippen LogP contribution in [0.5, 0.6) is 0 Å². The lowest BCUT2D eigenvalue weighted by Gasteiger charge is -2.29. The van der Waals surface area contributed by atoms with Gasteiger partial charge in [0.1, 0.15) is 10.7 Å². The third-order valence-corrected chi connectivity index (χ3v) is 5.78. The summed E-state index contributed by atoms with van der Waals surface area (Å²) in [5, 5.41) is 10.0. The van der Waals surface area contributed by atoms with E-state index < -0.39 is 0 Å². The van der Waals surface area contributed by atoms with Crippen molar-refractivity contribution in [3.8, 4) is 16.3 Å². The fraction of sp³-hybridized carbons (Fsp3) is 0.316. The average Bonchev–Trinajstić information content (AvgIpc) is 3.21. The number of carbonyl (C=O) groups excluding carboxylic acids is 1. The molecule has 26 heavy (non-hydrogen) atoms. The number of thiazole rings is 1. The number of nitrogens with one attached hydrogen (secondary N) is 1. The molecule has 134 valence electrons. The van der Waals surface area contributed by atoms with Crippen LogP contribution in [-0.2, 0) is 0 Å². The monoisotopic (exact) mass is 367 g/mol. The van der Waals surface area contributed by atoms with Crippen LogP contribution in [0.4, 0.5) is 0 Å². The fourth-order valence-corrected chi connectivity index (χ4v) is 3.80. The molecule has 2 aromatic heterocycles. The number of para-hydroxylation sites is 1. The topological polar surface area (TPSA) is 85.8 Å². The van der Waals surface area contributed by atoms with Gasteiger partial charge in [-0.2, -0.15) is 5.10 Å². The highest BCUT2D eigenvalue weighted by Gasteiger charge is 2.41. The van der Waals surface area contributed by atoms with Crippen molar-refractivity contribution in [2.45, 2.75) is 25.3 Å². The van der Waals surface area contributed by atoms with Crippen LogP contribution in [0.1, 0.15) is 30.3 Å². The van der Waals surface area contributed by atoms with Crippen molar-refractivity contribution in [1.82, 2.24) is 20.1 Å². The lowest BCUT2D eigenvalue weighted by molar-refractivity contribution is 0.0893. The average molecular weight is 367 g/mol. The van der Waals surface area contributed by atoms with Crippen LogP contribution < -0.4 is 11.1 Å². The molecule has 1 atom stereocenters. The Morgan fingerprint density at radius 1 is 1.38 bits per heavy atom. The molecule has 3 N–H and O–H groups in total. The van der Waals surface area contributed by atoms with E-state index in [2.05, 4.69) is 15.4 Å². The Kier molecular flexibility index (Phi) is 4.34. The summed E-state index contributed by atoms with van der Waals surface area (Å²) in [5.41, 5.74) is 7.84. The van der Waals surface area contributed by atoms with Gasteiger partial charge in [0, 0.05) is 23.7 Å². The van der Waals surface area contributed by atoms with E-state index in [0.29, 0.717) is 18.2 Å². The van der Waals surface area contributed by atoms with Crippen molar-refractivity contribution in [3.63, 3.8) is 0 Å². The molecule has 3 aromatic rings. The van der Waals surface area contributed by atoms with Crippen LogP contribution in [0, 0.1) is 5.92 Å². The molecule has 1 saturated carbocycles. The Morgan fingerprint density at radius 3 is 2.85 bits per heavy atom. The van der Waals surface area contributed by atoms with Gasteiger partial charge in [0.2, 0.25) is 0 Å². The Bertz CT molecular complexity index is 915.